The molecular formula is C39H47ClN10O13P2. The monoisotopic (exact) mass is 960 g/mol. The summed E-state index contributed by atoms with van der Waals surface area (Å²) >= 11 is 6.29. The average molecular weight is 961 g/mol. The number of nitrogens with zero attached hydrogens (tertiary/aromatic N) is 7. The van der Waals surface area contributed by atoms with Crippen molar-refractivity contribution in [1.29, 1.82) is 0 Å². The molecule has 0 amide bonds. The smallest absolute Gasteiger partial charge is 0.475 e. The first-order chi connectivity index (χ1) is 31.2. The van der Waals surface area contributed by atoms with Gasteiger partial charge in [0, 0.05) is 41.4 Å². The molecule has 0 radical (unpaired) electrons. The van der Waals surface area contributed by atoms with E-state index in [-0.39, 0.29) is 36.6 Å². The summed E-state index contributed by atoms with van der Waals surface area (Å²) in [4.78, 5) is 53.1. The van der Waals surface area contributed by atoms with Crippen LogP contribution in [0.3, 0.4) is 0 Å². The molecule has 2 aliphatic heterocycles. The fourth-order valence-corrected chi connectivity index (χ4v) is 9.97. The number of nitrogens with one attached hydrogen (secondary N) is 1. The number of aromatic nitrogens is 7. The molecule has 6 aromatic rings. The SMILES string of the molecule is COc1ccc2nc3cc(Cl)ccc3c(NCCCCCCOP(=O)(OC[C@H]3O[C@@H](n4cnc5c(N)ncnc54)C[C@@H]3OP(=O)(O)O)O[C@H]3C[C@H](n4ccc(N)nc4=O)O[C@@H]3CO)c2c1. The number of benzene rings is 2. The lowest BCUT2D eigenvalue weighted by molar-refractivity contribution is -0.0586. The second-order valence-corrected chi connectivity index (χ2v) is 18.5. The molecule has 2 fully saturated rings. The fourth-order valence-electron chi connectivity index (χ4n) is 7.79. The molecule has 0 spiro atoms. The number of phosphoric acid groups is 2. The van der Waals surface area contributed by atoms with Gasteiger partial charge < -0.3 is 45.9 Å². The zero-order valence-corrected chi connectivity index (χ0v) is 37.3. The van der Waals surface area contributed by atoms with Crippen LogP contribution in [0, 0.1) is 0 Å². The van der Waals surface area contributed by atoms with E-state index in [1.54, 1.807) is 7.11 Å². The van der Waals surface area contributed by atoms with Crippen LogP contribution in [0.5, 0.6) is 5.75 Å². The summed E-state index contributed by atoms with van der Waals surface area (Å²) in [7, 11) is -8.08. The number of aliphatic hydroxyl groups is 1. The van der Waals surface area contributed by atoms with Crippen molar-refractivity contribution in [1.82, 2.24) is 34.1 Å². The van der Waals surface area contributed by atoms with Gasteiger partial charge in [0.05, 0.1) is 50.0 Å². The largest absolute Gasteiger partial charge is 0.497 e. The summed E-state index contributed by atoms with van der Waals surface area (Å²) in [5.74, 6) is 0.803. The number of phosphoric ester groups is 2. The summed E-state index contributed by atoms with van der Waals surface area (Å²) in [6, 6.07) is 12.6. The van der Waals surface area contributed by atoms with Gasteiger partial charge in [0.2, 0.25) is 0 Å². The number of fused-ring (bicyclic) bond motifs is 3. The Hall–Kier alpha value is -4.87. The Morgan fingerprint density at radius 3 is 2.42 bits per heavy atom. The lowest BCUT2D eigenvalue weighted by Gasteiger charge is -2.25. The molecule has 348 valence electrons. The lowest BCUT2D eigenvalue weighted by atomic mass is 10.1. The number of hydrogen-bond donors (Lipinski definition) is 6. The third-order valence-electron chi connectivity index (χ3n) is 10.9. The highest BCUT2D eigenvalue weighted by molar-refractivity contribution is 7.48. The molecule has 8 rings (SSSR count). The van der Waals surface area contributed by atoms with Gasteiger partial charge in [0.15, 0.2) is 11.5 Å². The van der Waals surface area contributed by atoms with Crippen LogP contribution in [0.25, 0.3) is 33.0 Å². The number of aliphatic hydroxyl groups excluding tert-OH is 1. The first-order valence-corrected chi connectivity index (χ1v) is 23.9. The molecular weight excluding hydrogens is 914 g/mol. The first kappa shape index (κ1) is 46.7. The molecule has 0 aliphatic carbocycles. The van der Waals surface area contributed by atoms with Crippen molar-refractivity contribution >= 4 is 77.5 Å². The number of pyridine rings is 1. The van der Waals surface area contributed by atoms with Crippen LogP contribution in [0.4, 0.5) is 17.3 Å². The van der Waals surface area contributed by atoms with E-state index in [2.05, 4.69) is 25.3 Å². The molecule has 65 heavy (non-hydrogen) atoms. The second-order valence-electron chi connectivity index (χ2n) is 15.3. The van der Waals surface area contributed by atoms with Crippen molar-refractivity contribution in [2.24, 2.45) is 0 Å². The van der Waals surface area contributed by atoms with E-state index >= 15 is 0 Å². The van der Waals surface area contributed by atoms with E-state index in [0.29, 0.717) is 35.8 Å². The number of methoxy groups -OCH3 is 1. The molecule has 7 atom stereocenters. The Kier molecular flexibility index (Phi) is 14.3. The van der Waals surface area contributed by atoms with Gasteiger partial charge in [-0.2, -0.15) is 4.98 Å². The summed E-state index contributed by atoms with van der Waals surface area (Å²) < 4.78 is 69.7. The van der Waals surface area contributed by atoms with E-state index in [9.17, 15) is 28.8 Å². The third kappa shape index (κ3) is 10.9. The number of halogens is 1. The molecule has 26 heteroatoms. The number of anilines is 3. The Bertz CT molecular complexity index is 2820. The molecule has 2 aromatic carbocycles. The number of nitrogens with two attached hydrogens (primary N) is 2. The number of hydrogen-bond acceptors (Lipinski definition) is 19. The lowest BCUT2D eigenvalue weighted by Crippen LogP contribution is -2.30. The highest BCUT2D eigenvalue weighted by Crippen LogP contribution is 2.54. The van der Waals surface area contributed by atoms with Crippen LogP contribution < -0.4 is 27.2 Å². The minimum atomic E-state index is -5.07. The summed E-state index contributed by atoms with van der Waals surface area (Å²) in [6.07, 6.45) is -0.213. The van der Waals surface area contributed by atoms with Crippen molar-refractivity contribution in [3.63, 3.8) is 0 Å². The molecule has 23 nitrogen and oxygen atoms in total. The van der Waals surface area contributed by atoms with E-state index in [1.165, 1.54) is 29.5 Å². The van der Waals surface area contributed by atoms with Gasteiger partial charge in [-0.15, -0.1) is 0 Å². The molecule has 4 aromatic heterocycles. The van der Waals surface area contributed by atoms with Crippen LogP contribution >= 0.6 is 27.2 Å². The zero-order valence-electron chi connectivity index (χ0n) is 34.8. The number of imidazole rings is 1. The Morgan fingerprint density at radius 1 is 0.877 bits per heavy atom. The van der Waals surface area contributed by atoms with Gasteiger partial charge in [0.1, 0.15) is 60.3 Å². The van der Waals surface area contributed by atoms with Gasteiger partial charge in [-0.1, -0.05) is 24.4 Å². The van der Waals surface area contributed by atoms with Crippen LogP contribution in [0.2, 0.25) is 5.02 Å². The van der Waals surface area contributed by atoms with Gasteiger partial charge in [-0.25, -0.2) is 33.9 Å². The maximum absolute atomic E-state index is 14.6. The van der Waals surface area contributed by atoms with Crippen LogP contribution in [-0.4, -0.2) is 107 Å². The summed E-state index contributed by atoms with van der Waals surface area (Å²) in [5, 5.41) is 16.2. The zero-order chi connectivity index (χ0) is 45.9. The minimum absolute atomic E-state index is 0.00265. The van der Waals surface area contributed by atoms with E-state index in [1.807, 2.05) is 36.4 Å². The molecule has 0 bridgehead atoms. The first-order valence-electron chi connectivity index (χ1n) is 20.5. The van der Waals surface area contributed by atoms with Crippen molar-refractivity contribution in [2.75, 3.05) is 50.3 Å². The molecule has 0 saturated carbocycles. The standard InChI is InChI=1S/C39H47ClN10O13P2/c1-57-23-7-9-26-25(15-23)35(24-8-6-22(40)14-27(24)47-26)43-11-4-2-3-5-13-58-65(56,63-28-16-33(60-30(28)18-51)49-12-10-32(41)48-39(49)52)59-19-31-29(62-64(53,54)55)17-34(61-31)50-21-46-36-37(42)44-20-45-38(36)50/h6-10,12,14-15,20-21,28-31,33-34,51H,2-5,11,13,16-19H2,1H3,(H,43,47)(H2,41,48,52)(H2,42,44,45)(H2,53,54,55)/t28-,29-,30+,31+,33+,34+,65?/m0/s1. The molecule has 2 aliphatic rings. The molecule has 1 unspecified atom stereocenters. The third-order valence-corrected chi connectivity index (χ3v) is 13.2. The Labute approximate surface area is 375 Å². The van der Waals surface area contributed by atoms with Crippen molar-refractivity contribution < 1.29 is 56.3 Å². The number of nitrogen functional groups attached to an aromatic ring is 2. The van der Waals surface area contributed by atoms with Crippen molar-refractivity contribution in [3.05, 3.63) is 76.8 Å². The fraction of sp³-hybridized carbons (Fsp3) is 0.436. The molecule has 2 saturated heterocycles. The maximum Gasteiger partial charge on any atom is 0.475 e. The predicted octanol–water partition coefficient (Wildman–Crippen LogP) is 4.86. The minimum Gasteiger partial charge on any atom is -0.497 e. The van der Waals surface area contributed by atoms with E-state index in [0.717, 1.165) is 44.9 Å². The Balaban J connectivity index is 0.937. The van der Waals surface area contributed by atoms with Gasteiger partial charge in [-0.05, 0) is 55.3 Å². The number of rotatable bonds is 20. The topological polar surface area (TPSA) is 315 Å². The quantitative estimate of drug-likeness (QED) is 0.0338. The predicted molar refractivity (Wildman–Crippen MR) is 236 cm³/mol. The average Bonchev–Trinajstić information content (AvgIpc) is 4.00. The normalized spacial score (nSPS) is 22.2. The van der Waals surface area contributed by atoms with Crippen molar-refractivity contribution in [2.45, 2.75) is 75.4 Å². The van der Waals surface area contributed by atoms with Gasteiger partial charge in [0.25, 0.3) is 0 Å². The summed E-state index contributed by atoms with van der Waals surface area (Å²) in [5.41, 5.74) is 13.9. The maximum atomic E-state index is 14.6. The van der Waals surface area contributed by atoms with Gasteiger partial charge in [-0.3, -0.25) is 27.2 Å². The summed E-state index contributed by atoms with van der Waals surface area (Å²) in [6.45, 7) is -0.650. The Morgan fingerprint density at radius 2 is 1.65 bits per heavy atom. The highest BCUT2D eigenvalue weighted by Gasteiger charge is 2.46. The molecule has 6 heterocycles. The van der Waals surface area contributed by atoms with Crippen LogP contribution in [0.15, 0.2) is 66.1 Å². The van der Waals surface area contributed by atoms with E-state index < -0.39 is 71.4 Å². The molecule has 8 N–H and O–H groups in total. The highest BCUT2D eigenvalue weighted by atomic mass is 35.5. The van der Waals surface area contributed by atoms with E-state index in [4.69, 9.17) is 60.4 Å². The van der Waals surface area contributed by atoms with Crippen LogP contribution in [0.1, 0.15) is 51.0 Å². The second kappa shape index (κ2) is 19.9. The number of unbranched alkanes of at least 4 members (excludes halogenated alkanes) is 3. The van der Waals surface area contributed by atoms with Gasteiger partial charge >= 0.3 is 21.3 Å². The number of ether oxygens (including phenoxy) is 3. The van der Waals surface area contributed by atoms with Crippen LogP contribution in [-0.2, 0) is 36.7 Å². The van der Waals surface area contributed by atoms with Crippen molar-refractivity contribution in [3.8, 4) is 5.75 Å².